The molecule has 1 atom stereocenters. The third-order valence-electron chi connectivity index (χ3n) is 4.76. The van der Waals surface area contributed by atoms with Crippen LogP contribution in [0, 0.1) is 5.92 Å². The fraction of sp³-hybridized carbons (Fsp3) is 0.136. The van der Waals surface area contributed by atoms with E-state index in [0.717, 1.165) is 16.7 Å². The summed E-state index contributed by atoms with van der Waals surface area (Å²) in [6.45, 7) is 1.91. The monoisotopic (exact) mass is 315 g/mol. The van der Waals surface area contributed by atoms with Gasteiger partial charge < -0.3 is 5.73 Å². The van der Waals surface area contributed by atoms with Crippen LogP contribution in [-0.4, -0.2) is 5.91 Å². The van der Waals surface area contributed by atoms with E-state index in [9.17, 15) is 4.79 Å². The fourth-order valence-corrected chi connectivity index (χ4v) is 3.57. The second-order valence-corrected chi connectivity index (χ2v) is 6.03. The highest BCUT2D eigenvalue weighted by Gasteiger charge is 2.43. The zero-order chi connectivity index (χ0) is 17.0. The average molecular weight is 315 g/mol. The number of rotatable bonds is 5. The number of primary amides is 1. The lowest BCUT2D eigenvalue weighted by molar-refractivity contribution is -0.122. The predicted molar refractivity (Wildman–Crippen MR) is 97.6 cm³/mol. The van der Waals surface area contributed by atoms with Gasteiger partial charge in [-0.2, -0.15) is 0 Å². The predicted octanol–water partition coefficient (Wildman–Crippen LogP) is 4.14. The molecule has 24 heavy (non-hydrogen) atoms. The van der Waals surface area contributed by atoms with Crippen LogP contribution in [0.25, 0.3) is 0 Å². The molecule has 0 aliphatic heterocycles. The molecule has 2 nitrogen and oxygen atoms in total. The second kappa shape index (κ2) is 6.71. The molecule has 0 saturated heterocycles. The van der Waals surface area contributed by atoms with Crippen molar-refractivity contribution in [2.24, 2.45) is 11.7 Å². The quantitative estimate of drug-likeness (QED) is 0.706. The summed E-state index contributed by atoms with van der Waals surface area (Å²) in [5, 5.41) is 0. The molecule has 0 saturated carbocycles. The van der Waals surface area contributed by atoms with Crippen LogP contribution in [0.2, 0.25) is 0 Å². The van der Waals surface area contributed by atoms with Crippen molar-refractivity contribution in [2.75, 3.05) is 0 Å². The molecule has 1 unspecified atom stereocenters. The maximum absolute atomic E-state index is 12.3. The Morgan fingerprint density at radius 2 is 1.00 bits per heavy atom. The summed E-state index contributed by atoms with van der Waals surface area (Å²) in [7, 11) is 0. The van der Waals surface area contributed by atoms with E-state index in [4.69, 9.17) is 5.73 Å². The van der Waals surface area contributed by atoms with E-state index in [-0.39, 0.29) is 5.91 Å². The van der Waals surface area contributed by atoms with E-state index in [1.807, 2.05) is 61.5 Å². The number of nitrogens with two attached hydrogens (primary N) is 1. The van der Waals surface area contributed by atoms with Crippen molar-refractivity contribution < 1.29 is 4.79 Å². The lowest BCUT2D eigenvalue weighted by Crippen LogP contribution is -2.43. The third-order valence-corrected chi connectivity index (χ3v) is 4.76. The molecular formula is C22H21NO. The molecule has 1 amide bonds. The summed E-state index contributed by atoms with van der Waals surface area (Å²) in [5.74, 6) is -0.712. The average Bonchev–Trinajstić information content (AvgIpc) is 2.65. The Bertz CT molecular complexity index is 700. The van der Waals surface area contributed by atoms with Gasteiger partial charge in [0.1, 0.15) is 0 Å². The maximum Gasteiger partial charge on any atom is 0.221 e. The summed E-state index contributed by atoms with van der Waals surface area (Å²) in [4.78, 5) is 12.3. The topological polar surface area (TPSA) is 43.1 Å². The van der Waals surface area contributed by atoms with Crippen molar-refractivity contribution in [1.29, 1.82) is 0 Å². The number of amides is 1. The lowest BCUT2D eigenvalue weighted by atomic mass is 9.62. The van der Waals surface area contributed by atoms with E-state index < -0.39 is 11.3 Å². The van der Waals surface area contributed by atoms with Gasteiger partial charge in [-0.1, -0.05) is 97.9 Å². The highest BCUT2D eigenvalue weighted by molar-refractivity contribution is 5.81. The Labute approximate surface area is 143 Å². The largest absolute Gasteiger partial charge is 0.369 e. The van der Waals surface area contributed by atoms with E-state index in [1.54, 1.807) is 0 Å². The standard InChI is InChI=1S/C22H21NO/c1-17(21(23)24)22(18-11-5-2-6-12-18,19-13-7-3-8-14-19)20-15-9-4-10-16-20/h2-17H,1H3,(H2,23,24). The first-order chi connectivity index (χ1) is 11.7. The van der Waals surface area contributed by atoms with Crippen LogP contribution in [-0.2, 0) is 10.2 Å². The molecule has 0 heterocycles. The number of hydrogen-bond acceptors (Lipinski definition) is 1. The molecule has 3 rings (SSSR count). The summed E-state index contributed by atoms with van der Waals surface area (Å²) in [5.41, 5.74) is 8.37. The first-order valence-electron chi connectivity index (χ1n) is 8.13. The summed E-state index contributed by atoms with van der Waals surface area (Å²) in [6.07, 6.45) is 0. The van der Waals surface area contributed by atoms with Crippen LogP contribution in [0.1, 0.15) is 23.6 Å². The van der Waals surface area contributed by atoms with Crippen LogP contribution < -0.4 is 5.73 Å². The van der Waals surface area contributed by atoms with Crippen molar-refractivity contribution in [2.45, 2.75) is 12.3 Å². The van der Waals surface area contributed by atoms with Crippen LogP contribution in [0.3, 0.4) is 0 Å². The van der Waals surface area contributed by atoms with Gasteiger partial charge in [-0.15, -0.1) is 0 Å². The summed E-state index contributed by atoms with van der Waals surface area (Å²) >= 11 is 0. The molecule has 0 bridgehead atoms. The number of hydrogen-bond donors (Lipinski definition) is 1. The number of carbonyl (C=O) groups is 1. The summed E-state index contributed by atoms with van der Waals surface area (Å²) in [6, 6.07) is 30.4. The Morgan fingerprint density at radius 1 is 0.708 bits per heavy atom. The van der Waals surface area contributed by atoms with Crippen LogP contribution >= 0.6 is 0 Å². The van der Waals surface area contributed by atoms with Crippen molar-refractivity contribution in [3.63, 3.8) is 0 Å². The molecule has 0 aromatic heterocycles. The smallest absolute Gasteiger partial charge is 0.221 e. The Balaban J connectivity index is 2.39. The SMILES string of the molecule is CC(C(N)=O)C(c1ccccc1)(c1ccccc1)c1ccccc1. The molecule has 120 valence electrons. The molecular weight excluding hydrogens is 294 g/mol. The molecule has 0 fully saturated rings. The number of benzene rings is 3. The van der Waals surface area contributed by atoms with E-state index in [2.05, 4.69) is 36.4 Å². The Hall–Kier alpha value is -2.87. The van der Waals surface area contributed by atoms with Crippen LogP contribution in [0.4, 0.5) is 0 Å². The Kier molecular flexibility index (Phi) is 4.48. The number of carbonyl (C=O) groups excluding carboxylic acids is 1. The maximum atomic E-state index is 12.3. The van der Waals surface area contributed by atoms with Gasteiger partial charge in [0.25, 0.3) is 0 Å². The zero-order valence-corrected chi connectivity index (χ0v) is 13.7. The Morgan fingerprint density at radius 3 is 1.25 bits per heavy atom. The summed E-state index contributed by atoms with van der Waals surface area (Å²) < 4.78 is 0. The van der Waals surface area contributed by atoms with E-state index in [1.165, 1.54) is 0 Å². The third kappa shape index (κ3) is 2.61. The molecule has 2 N–H and O–H groups in total. The molecule has 3 aromatic rings. The van der Waals surface area contributed by atoms with E-state index >= 15 is 0 Å². The highest BCUT2D eigenvalue weighted by atomic mass is 16.1. The minimum atomic E-state index is -0.615. The fourth-order valence-electron chi connectivity index (χ4n) is 3.57. The van der Waals surface area contributed by atoms with Gasteiger partial charge in [-0.3, -0.25) is 4.79 Å². The minimum Gasteiger partial charge on any atom is -0.369 e. The molecule has 2 heteroatoms. The van der Waals surface area contributed by atoms with Gasteiger partial charge in [0.2, 0.25) is 5.91 Å². The van der Waals surface area contributed by atoms with E-state index in [0.29, 0.717) is 0 Å². The van der Waals surface area contributed by atoms with Gasteiger partial charge in [-0.25, -0.2) is 0 Å². The van der Waals surface area contributed by atoms with Gasteiger partial charge >= 0.3 is 0 Å². The van der Waals surface area contributed by atoms with Gasteiger partial charge in [0.15, 0.2) is 0 Å². The zero-order valence-electron chi connectivity index (χ0n) is 13.7. The molecule has 0 spiro atoms. The van der Waals surface area contributed by atoms with Gasteiger partial charge in [-0.05, 0) is 16.7 Å². The second-order valence-electron chi connectivity index (χ2n) is 6.03. The highest BCUT2D eigenvalue weighted by Crippen LogP contribution is 2.45. The first kappa shape index (κ1) is 16.0. The molecule has 0 aliphatic carbocycles. The lowest BCUT2D eigenvalue weighted by Gasteiger charge is -2.39. The molecule has 0 aliphatic rings. The van der Waals surface area contributed by atoms with Crippen molar-refractivity contribution >= 4 is 5.91 Å². The van der Waals surface area contributed by atoms with Crippen LogP contribution in [0.15, 0.2) is 91.0 Å². The van der Waals surface area contributed by atoms with Gasteiger partial charge in [0, 0.05) is 0 Å². The van der Waals surface area contributed by atoms with Crippen molar-refractivity contribution in [3.05, 3.63) is 108 Å². The van der Waals surface area contributed by atoms with Crippen molar-refractivity contribution in [3.8, 4) is 0 Å². The molecule has 3 aromatic carbocycles. The normalized spacial score (nSPS) is 12.5. The molecule has 0 radical (unpaired) electrons. The van der Waals surface area contributed by atoms with Crippen molar-refractivity contribution in [1.82, 2.24) is 0 Å². The van der Waals surface area contributed by atoms with Crippen LogP contribution in [0.5, 0.6) is 0 Å². The van der Waals surface area contributed by atoms with Gasteiger partial charge in [0.05, 0.1) is 11.3 Å². The first-order valence-corrected chi connectivity index (χ1v) is 8.13. The minimum absolute atomic E-state index is 0.313.